The van der Waals surface area contributed by atoms with Crippen LogP contribution in [0.25, 0.3) is 257 Å². The number of para-hydroxylation sites is 3. The number of fused-ring (bicyclic) bond motifs is 27. The highest BCUT2D eigenvalue weighted by atomic mass is 14.7. The molecule has 614 valence electrons. The van der Waals surface area contributed by atoms with E-state index in [1.54, 1.807) is 0 Å². The van der Waals surface area contributed by atoms with Crippen molar-refractivity contribution in [2.75, 3.05) is 0 Å². The molecule has 6 heterocycles. The topological polar surface area (TPSA) is 81.7 Å². The van der Waals surface area contributed by atoms with Crippen LogP contribution in [-0.4, -0.2) is 29.9 Å². The van der Waals surface area contributed by atoms with Crippen LogP contribution in [0.3, 0.4) is 0 Å². The van der Waals surface area contributed by atoms with Gasteiger partial charge in [0.25, 0.3) is 0 Å². The molecule has 26 aromatic rings. The number of hydrogen-bond acceptors (Lipinski definition) is 6. The van der Waals surface area contributed by atoms with E-state index < -0.39 is 0 Å². The fourth-order valence-corrected chi connectivity index (χ4v) is 22.1. The Morgan fingerprint density at radius 3 is 0.955 bits per heavy atom. The van der Waals surface area contributed by atoms with Gasteiger partial charge in [0.2, 0.25) is 0 Å². The fourth-order valence-electron chi connectivity index (χ4n) is 22.1. The Bertz CT molecular complexity index is 9460. The molecule has 7 heteroatoms. The van der Waals surface area contributed by atoms with Crippen LogP contribution in [0.15, 0.2) is 407 Å². The van der Waals surface area contributed by atoms with Gasteiger partial charge >= 0.3 is 0 Å². The van der Waals surface area contributed by atoms with E-state index in [0.29, 0.717) is 5.69 Å². The van der Waals surface area contributed by atoms with Crippen LogP contribution in [0, 0.1) is 6.57 Å². The van der Waals surface area contributed by atoms with Crippen molar-refractivity contribution in [2.24, 2.45) is 0 Å². The van der Waals surface area contributed by atoms with E-state index in [9.17, 15) is 0 Å². The van der Waals surface area contributed by atoms with Gasteiger partial charge in [-0.05, 0) is 175 Å². The minimum atomic E-state index is -0.170. The van der Waals surface area contributed by atoms with Crippen molar-refractivity contribution in [1.29, 1.82) is 0 Å². The summed E-state index contributed by atoms with van der Waals surface area (Å²) in [6.07, 6.45) is 5.66. The van der Waals surface area contributed by atoms with Crippen LogP contribution >= 0.6 is 0 Å². The van der Waals surface area contributed by atoms with E-state index in [0.717, 1.165) is 115 Å². The van der Waals surface area contributed by atoms with Gasteiger partial charge in [0.1, 0.15) is 0 Å². The number of hydrogen-bond donors (Lipinski definition) is 0. The Hall–Kier alpha value is -17.1. The highest BCUT2D eigenvalue weighted by molar-refractivity contribution is 6.32. The lowest BCUT2D eigenvalue weighted by Crippen LogP contribution is -2.14. The Morgan fingerprint density at radius 2 is 0.515 bits per heavy atom. The number of aromatic nitrogens is 6. The summed E-state index contributed by atoms with van der Waals surface area (Å²) < 4.78 is 0. The minimum Gasteiger partial charge on any atom is -0.256 e. The molecule has 0 spiro atoms. The van der Waals surface area contributed by atoms with Crippen LogP contribution in [0.4, 0.5) is 5.69 Å². The molecular weight excluding hydrogens is 1600 g/mol. The first kappa shape index (κ1) is 76.2. The zero-order valence-corrected chi connectivity index (χ0v) is 72.8. The molecule has 2 aliphatic carbocycles. The summed E-state index contributed by atoms with van der Waals surface area (Å²) >= 11 is 0. The van der Waals surface area contributed by atoms with E-state index in [1.807, 2.05) is 42.9 Å². The van der Waals surface area contributed by atoms with Gasteiger partial charge in [-0.3, -0.25) is 15.0 Å². The fraction of sp³-hybridized carbons (Fsp3) is 0.0480. The van der Waals surface area contributed by atoms with Gasteiger partial charge in [0, 0.05) is 127 Å². The Morgan fingerprint density at radius 1 is 0.205 bits per heavy atom. The predicted octanol–water partition coefficient (Wildman–Crippen LogP) is 33.3. The van der Waals surface area contributed by atoms with Gasteiger partial charge in [0.15, 0.2) is 5.69 Å². The van der Waals surface area contributed by atoms with Crippen molar-refractivity contribution in [3.63, 3.8) is 0 Å². The molecule has 0 saturated heterocycles. The van der Waals surface area contributed by atoms with Crippen molar-refractivity contribution in [2.45, 2.75) is 38.5 Å². The smallest absolute Gasteiger partial charge is 0.187 e. The largest absolute Gasteiger partial charge is 0.256 e. The van der Waals surface area contributed by atoms with Crippen molar-refractivity contribution >= 4 is 168 Å². The third-order valence-electron chi connectivity index (χ3n) is 28.6. The normalized spacial score (nSPS) is 13.0. The second kappa shape index (κ2) is 29.5. The van der Waals surface area contributed by atoms with Crippen LogP contribution in [0.5, 0.6) is 0 Å². The van der Waals surface area contributed by atoms with Crippen LogP contribution < -0.4 is 0 Å². The third kappa shape index (κ3) is 11.8. The average molecular weight is 1680 g/mol. The van der Waals surface area contributed by atoms with Crippen molar-refractivity contribution in [3.05, 3.63) is 441 Å². The van der Waals surface area contributed by atoms with E-state index in [-0.39, 0.29) is 10.8 Å². The molecule has 0 bridgehead atoms. The first-order valence-electron chi connectivity index (χ1n) is 45.3. The molecule has 0 amide bonds. The zero-order valence-electron chi connectivity index (χ0n) is 72.8. The van der Waals surface area contributed by atoms with E-state index in [4.69, 9.17) is 36.5 Å². The highest BCUT2D eigenvalue weighted by Gasteiger charge is 2.37. The molecule has 0 radical (unpaired) electrons. The SMILES string of the molecule is CC1(C)c2ccccc2-c2ccc(-c3ccc(-c4nc5ccccc5c5c4ccc4ccc6cccnc6c45)cc3)cc21.[C-]#[N+]c1ccc2c(c1)C(C)(C)c1cc(-c3ccc(-c4nc5ccccc5c5c4ccc4ccc6cccnc6c45)cc3)ccc1-2.c1cnc2c(c1)ccc1ccc3c(-c4ccc(-c5ccc6ccc7cccc8ccc5c6c78)cc4)nc4ccccc4c3c12. The quantitative estimate of drug-likeness (QED) is 0.122. The molecule has 0 unspecified atom stereocenters. The first-order chi connectivity index (χ1) is 64.9. The molecule has 2 aliphatic rings. The zero-order chi connectivity index (χ0) is 87.8. The van der Waals surface area contributed by atoms with Crippen molar-refractivity contribution < 1.29 is 0 Å². The van der Waals surface area contributed by atoms with E-state index in [1.165, 1.54) is 159 Å². The molecule has 28 rings (SSSR count). The van der Waals surface area contributed by atoms with E-state index in [2.05, 4.69) is 397 Å². The second-order valence-corrected chi connectivity index (χ2v) is 36.5. The van der Waals surface area contributed by atoms with Gasteiger partial charge in [-0.1, -0.05) is 367 Å². The Balaban J connectivity index is 0.000000104. The summed E-state index contributed by atoms with van der Waals surface area (Å²) in [7, 11) is 0. The first-order valence-corrected chi connectivity index (χ1v) is 45.3. The Labute approximate surface area is 761 Å². The maximum absolute atomic E-state index is 7.49. The lowest BCUT2D eigenvalue weighted by atomic mass is 9.81. The van der Waals surface area contributed by atoms with Gasteiger partial charge in [0.05, 0.1) is 56.8 Å². The lowest BCUT2D eigenvalue weighted by Gasteiger charge is -2.22. The summed E-state index contributed by atoms with van der Waals surface area (Å²) in [6, 6.07) is 140. The van der Waals surface area contributed by atoms with E-state index >= 15 is 0 Å². The summed E-state index contributed by atoms with van der Waals surface area (Å²) in [6.45, 7) is 16.7. The van der Waals surface area contributed by atoms with Crippen LogP contribution in [-0.2, 0) is 10.8 Å². The number of pyridine rings is 6. The minimum absolute atomic E-state index is 0.0163. The second-order valence-electron chi connectivity index (χ2n) is 36.5. The molecule has 0 fully saturated rings. The molecule has 7 nitrogen and oxygen atoms in total. The summed E-state index contributed by atoms with van der Waals surface area (Å²) in [4.78, 5) is 33.9. The molecule has 0 atom stereocenters. The summed E-state index contributed by atoms with van der Waals surface area (Å²) in [5.74, 6) is 0. The van der Waals surface area contributed by atoms with Crippen LogP contribution in [0.1, 0.15) is 49.9 Å². The number of benzene rings is 20. The number of rotatable bonds is 6. The predicted molar refractivity (Wildman–Crippen MR) is 554 cm³/mol. The molecule has 0 aliphatic heterocycles. The molecule has 0 saturated carbocycles. The Kier molecular flexibility index (Phi) is 17.0. The molecular formula is C125H79N7. The average Bonchev–Trinajstić information content (AvgIpc) is 1.31. The maximum atomic E-state index is 7.49. The molecule has 0 N–H and O–H groups in total. The van der Waals surface area contributed by atoms with Crippen molar-refractivity contribution in [1.82, 2.24) is 29.9 Å². The number of nitrogens with zero attached hydrogens (tertiary/aromatic N) is 7. The van der Waals surface area contributed by atoms with Gasteiger partial charge in [-0.15, -0.1) is 0 Å². The third-order valence-corrected chi connectivity index (χ3v) is 28.6. The monoisotopic (exact) mass is 1680 g/mol. The van der Waals surface area contributed by atoms with Crippen LogP contribution in [0.2, 0.25) is 0 Å². The molecule has 20 aromatic carbocycles. The maximum Gasteiger partial charge on any atom is 0.187 e. The van der Waals surface area contributed by atoms with Gasteiger partial charge in [-0.25, -0.2) is 19.8 Å². The standard InChI is InChI=1S/C42H27N3.C42H24N2.C41H28N2/c1-42(2)35-23-29(17-19-31(35)32-21-18-30(43-3)24-36(32)42)25-10-13-28(14-11-25)40-34-20-16-26-12-15-27-7-6-22-44-41(27)38(26)39(34)33-8-4-5-9-37(33)45-40;1-2-9-36-34(8-1)40-35(23-20-29-14-17-30-7-4-24-43-42(30)39(29)40)41(44-36)31-15-10-25(11-16-31)32-21-18-28-13-12-26-5-3-6-27-19-22-33(32)38(28)37(26)27;1-41(2)34-11-5-3-9-30(34)31-21-20-29(24-35(31)41)25-13-16-28(17-14-25)39-33-22-19-26-15-18-27-8-7-23-42-40(27)37(26)38(33)32-10-4-6-12-36(32)43-39/h4-24H,1-2H3;1-24H;3-24H,1-2H3. The molecule has 132 heavy (non-hydrogen) atoms. The summed E-state index contributed by atoms with van der Waals surface area (Å²) in [5, 5.41) is 28.9. The van der Waals surface area contributed by atoms with Gasteiger partial charge in [-0.2, -0.15) is 0 Å². The summed E-state index contributed by atoms with van der Waals surface area (Å²) in [5.41, 5.74) is 30.6. The van der Waals surface area contributed by atoms with Gasteiger partial charge < -0.3 is 0 Å². The highest BCUT2D eigenvalue weighted by Crippen LogP contribution is 2.54. The lowest BCUT2D eigenvalue weighted by molar-refractivity contribution is 0.660. The molecule has 6 aromatic heterocycles. The van der Waals surface area contributed by atoms with Crippen molar-refractivity contribution in [3.8, 4) is 89.4 Å².